The van der Waals surface area contributed by atoms with E-state index < -0.39 is 5.82 Å². The summed E-state index contributed by atoms with van der Waals surface area (Å²) < 4.78 is 13.3. The van der Waals surface area contributed by atoms with Gasteiger partial charge in [-0.3, -0.25) is 4.98 Å². The summed E-state index contributed by atoms with van der Waals surface area (Å²) in [5.74, 6) is -0.418. The zero-order valence-corrected chi connectivity index (χ0v) is 9.89. The van der Waals surface area contributed by atoms with Crippen LogP contribution in [0, 0.1) is 17.1 Å². The summed E-state index contributed by atoms with van der Waals surface area (Å²) in [6.45, 7) is 1.96. The fourth-order valence-electron chi connectivity index (χ4n) is 1.72. The molecule has 2 rings (SSSR count). The Morgan fingerprint density at radius 2 is 2.00 bits per heavy atom. The van der Waals surface area contributed by atoms with Crippen molar-refractivity contribution in [3.63, 3.8) is 0 Å². The van der Waals surface area contributed by atoms with E-state index in [0.29, 0.717) is 11.3 Å². The van der Waals surface area contributed by atoms with E-state index >= 15 is 0 Å². The molecule has 2 aromatic rings. The van der Waals surface area contributed by atoms with Crippen molar-refractivity contribution in [3.8, 4) is 6.07 Å². The van der Waals surface area contributed by atoms with Crippen LogP contribution in [-0.2, 0) is 0 Å². The standard InChI is InChI=1S/C14H12FN3/c1-10(12-2-4-17-5-3-12)18-14-7-11(9-16)6-13(15)8-14/h2-8,10,18H,1H3. The van der Waals surface area contributed by atoms with E-state index in [9.17, 15) is 4.39 Å². The number of pyridine rings is 1. The smallest absolute Gasteiger partial charge is 0.126 e. The summed E-state index contributed by atoms with van der Waals surface area (Å²) in [4.78, 5) is 3.95. The highest BCUT2D eigenvalue weighted by atomic mass is 19.1. The Morgan fingerprint density at radius 1 is 1.28 bits per heavy atom. The topological polar surface area (TPSA) is 48.7 Å². The molecular weight excluding hydrogens is 229 g/mol. The molecule has 1 aromatic heterocycles. The van der Waals surface area contributed by atoms with Gasteiger partial charge in [-0.2, -0.15) is 5.26 Å². The zero-order valence-electron chi connectivity index (χ0n) is 9.89. The monoisotopic (exact) mass is 241 g/mol. The maximum absolute atomic E-state index is 13.3. The second kappa shape index (κ2) is 5.28. The van der Waals surface area contributed by atoms with Gasteiger partial charge in [0.25, 0.3) is 0 Å². The highest BCUT2D eigenvalue weighted by molar-refractivity contribution is 5.51. The number of nitrogens with zero attached hydrogens (tertiary/aromatic N) is 2. The van der Waals surface area contributed by atoms with E-state index in [0.717, 1.165) is 5.56 Å². The highest BCUT2D eigenvalue weighted by Gasteiger charge is 2.06. The average Bonchev–Trinajstić information content (AvgIpc) is 2.39. The third kappa shape index (κ3) is 2.83. The third-order valence-electron chi connectivity index (χ3n) is 2.62. The Kier molecular flexibility index (Phi) is 3.54. The normalized spacial score (nSPS) is 11.6. The molecule has 0 aliphatic carbocycles. The predicted molar refractivity (Wildman–Crippen MR) is 67.4 cm³/mol. The molecule has 0 aliphatic rings. The Morgan fingerprint density at radius 3 is 2.67 bits per heavy atom. The van der Waals surface area contributed by atoms with Gasteiger partial charge in [0.05, 0.1) is 11.6 Å². The van der Waals surface area contributed by atoms with Gasteiger partial charge < -0.3 is 5.32 Å². The van der Waals surface area contributed by atoms with Crippen molar-refractivity contribution in [1.82, 2.24) is 4.98 Å². The Hall–Kier alpha value is -2.41. The molecule has 1 aromatic carbocycles. The van der Waals surface area contributed by atoms with Crippen LogP contribution in [0.4, 0.5) is 10.1 Å². The lowest BCUT2D eigenvalue weighted by Crippen LogP contribution is -2.07. The molecule has 0 aliphatic heterocycles. The molecule has 0 amide bonds. The summed E-state index contributed by atoms with van der Waals surface area (Å²) >= 11 is 0. The van der Waals surface area contributed by atoms with Crippen LogP contribution < -0.4 is 5.32 Å². The van der Waals surface area contributed by atoms with Crippen LogP contribution in [0.25, 0.3) is 0 Å². The van der Waals surface area contributed by atoms with Gasteiger partial charge in [-0.25, -0.2) is 4.39 Å². The van der Waals surface area contributed by atoms with E-state index in [1.54, 1.807) is 18.5 Å². The number of nitrogens with one attached hydrogen (secondary N) is 1. The van der Waals surface area contributed by atoms with Crippen LogP contribution >= 0.6 is 0 Å². The van der Waals surface area contributed by atoms with Gasteiger partial charge in [-0.05, 0) is 42.8 Å². The van der Waals surface area contributed by atoms with Crippen LogP contribution in [0.5, 0.6) is 0 Å². The van der Waals surface area contributed by atoms with Crippen LogP contribution in [0.2, 0.25) is 0 Å². The maximum atomic E-state index is 13.3. The van der Waals surface area contributed by atoms with Gasteiger partial charge in [0, 0.05) is 24.1 Å². The van der Waals surface area contributed by atoms with Crippen LogP contribution in [0.3, 0.4) is 0 Å². The number of aromatic nitrogens is 1. The number of halogens is 1. The van der Waals surface area contributed by atoms with Crippen LogP contribution in [-0.4, -0.2) is 4.98 Å². The molecule has 1 unspecified atom stereocenters. The lowest BCUT2D eigenvalue weighted by atomic mass is 10.1. The molecule has 0 radical (unpaired) electrons. The minimum Gasteiger partial charge on any atom is -0.378 e. The largest absolute Gasteiger partial charge is 0.378 e. The van der Waals surface area contributed by atoms with Gasteiger partial charge in [0.15, 0.2) is 0 Å². The van der Waals surface area contributed by atoms with E-state index in [1.807, 2.05) is 25.1 Å². The predicted octanol–water partition coefficient (Wildman–Crippen LogP) is 3.27. The van der Waals surface area contributed by atoms with Crippen molar-refractivity contribution in [3.05, 3.63) is 59.7 Å². The van der Waals surface area contributed by atoms with Crippen molar-refractivity contribution >= 4 is 5.69 Å². The Bertz CT molecular complexity index is 575. The van der Waals surface area contributed by atoms with Gasteiger partial charge in [-0.15, -0.1) is 0 Å². The van der Waals surface area contributed by atoms with Crippen molar-refractivity contribution in [2.75, 3.05) is 5.32 Å². The second-order valence-electron chi connectivity index (χ2n) is 3.99. The Balaban J connectivity index is 2.20. The molecule has 0 saturated heterocycles. The number of hydrogen-bond donors (Lipinski definition) is 1. The lowest BCUT2D eigenvalue weighted by molar-refractivity contribution is 0.627. The molecule has 0 fully saturated rings. The van der Waals surface area contributed by atoms with E-state index in [2.05, 4.69) is 10.3 Å². The second-order valence-corrected chi connectivity index (χ2v) is 3.99. The summed E-state index contributed by atoms with van der Waals surface area (Å²) in [5.41, 5.74) is 1.95. The Labute approximate surface area is 105 Å². The van der Waals surface area contributed by atoms with Crippen LogP contribution in [0.15, 0.2) is 42.7 Å². The average molecular weight is 241 g/mol. The fourth-order valence-corrected chi connectivity index (χ4v) is 1.72. The molecule has 3 nitrogen and oxygen atoms in total. The summed E-state index contributed by atoms with van der Waals surface area (Å²) in [6.07, 6.45) is 3.42. The molecule has 0 spiro atoms. The van der Waals surface area contributed by atoms with Gasteiger partial charge in [0.1, 0.15) is 5.82 Å². The molecular formula is C14H12FN3. The molecule has 0 saturated carbocycles. The van der Waals surface area contributed by atoms with Gasteiger partial charge >= 0.3 is 0 Å². The minimum absolute atomic E-state index is 0.0151. The number of anilines is 1. The van der Waals surface area contributed by atoms with Crippen molar-refractivity contribution in [2.24, 2.45) is 0 Å². The first kappa shape index (κ1) is 12.1. The first-order chi connectivity index (χ1) is 8.69. The number of benzene rings is 1. The molecule has 1 heterocycles. The molecule has 90 valence electrons. The number of nitriles is 1. The fraction of sp³-hybridized carbons (Fsp3) is 0.143. The molecule has 1 N–H and O–H groups in total. The summed E-state index contributed by atoms with van der Waals surface area (Å²) in [5, 5.41) is 11.9. The first-order valence-electron chi connectivity index (χ1n) is 5.56. The molecule has 18 heavy (non-hydrogen) atoms. The lowest BCUT2D eigenvalue weighted by Gasteiger charge is -2.15. The first-order valence-corrected chi connectivity index (χ1v) is 5.56. The number of rotatable bonds is 3. The summed E-state index contributed by atoms with van der Waals surface area (Å²) in [6, 6.07) is 9.94. The zero-order chi connectivity index (χ0) is 13.0. The van der Waals surface area contributed by atoms with E-state index in [-0.39, 0.29) is 6.04 Å². The number of hydrogen-bond acceptors (Lipinski definition) is 3. The van der Waals surface area contributed by atoms with E-state index in [4.69, 9.17) is 5.26 Å². The maximum Gasteiger partial charge on any atom is 0.126 e. The summed E-state index contributed by atoms with van der Waals surface area (Å²) in [7, 11) is 0. The van der Waals surface area contributed by atoms with Crippen LogP contribution in [0.1, 0.15) is 24.1 Å². The SMILES string of the molecule is CC(Nc1cc(F)cc(C#N)c1)c1ccncc1. The van der Waals surface area contributed by atoms with Crippen molar-refractivity contribution in [1.29, 1.82) is 5.26 Å². The van der Waals surface area contributed by atoms with Crippen molar-refractivity contribution < 1.29 is 4.39 Å². The van der Waals surface area contributed by atoms with E-state index in [1.165, 1.54) is 12.1 Å². The quantitative estimate of drug-likeness (QED) is 0.897. The highest BCUT2D eigenvalue weighted by Crippen LogP contribution is 2.20. The minimum atomic E-state index is -0.418. The third-order valence-corrected chi connectivity index (χ3v) is 2.62. The molecule has 1 atom stereocenters. The van der Waals surface area contributed by atoms with Gasteiger partial charge in [0.2, 0.25) is 0 Å². The van der Waals surface area contributed by atoms with Gasteiger partial charge in [-0.1, -0.05) is 0 Å². The van der Waals surface area contributed by atoms with Crippen molar-refractivity contribution in [2.45, 2.75) is 13.0 Å². The molecule has 4 heteroatoms. The molecule has 0 bridgehead atoms.